The van der Waals surface area contributed by atoms with E-state index in [4.69, 9.17) is 0 Å². The monoisotopic (exact) mass is 604 g/mol. The standard InChI is InChI=1S/C33H52N2O6S/c1-2-3-4-5-8-14-19-31(37)32(38)20-15-9-6-7-10-16-23-34-33(39)28-21-22-29(25-36)30(24-28)35-42(40,41)26-27-17-12-11-13-18-27/h11-13,17-18,21-22,24,31-32,35-38H,2-10,14-16,19-20,23,25-26H2,1H3,(H,34,39). The smallest absolute Gasteiger partial charge is 0.251 e. The van der Waals surface area contributed by atoms with E-state index < -0.39 is 22.2 Å². The van der Waals surface area contributed by atoms with Crippen molar-refractivity contribution in [3.63, 3.8) is 0 Å². The zero-order valence-electron chi connectivity index (χ0n) is 25.3. The molecule has 2 aromatic rings. The van der Waals surface area contributed by atoms with Crippen LogP contribution in [0.1, 0.15) is 118 Å². The van der Waals surface area contributed by atoms with Gasteiger partial charge in [0.25, 0.3) is 5.91 Å². The van der Waals surface area contributed by atoms with E-state index in [0.29, 0.717) is 36.1 Å². The molecule has 0 bridgehead atoms. The number of unbranched alkanes of at least 4 members (excludes halogenated alkanes) is 10. The van der Waals surface area contributed by atoms with Gasteiger partial charge < -0.3 is 20.6 Å². The number of benzene rings is 2. The Morgan fingerprint density at radius 2 is 1.36 bits per heavy atom. The van der Waals surface area contributed by atoms with Crippen molar-refractivity contribution in [3.05, 3.63) is 65.2 Å². The molecule has 2 rings (SSSR count). The second kappa shape index (κ2) is 20.4. The topological polar surface area (TPSA) is 136 Å². The summed E-state index contributed by atoms with van der Waals surface area (Å²) in [6.45, 7) is 2.35. The predicted octanol–water partition coefficient (Wildman–Crippen LogP) is 6.05. The number of nitrogens with one attached hydrogen (secondary N) is 2. The van der Waals surface area contributed by atoms with Crippen LogP contribution in [0.4, 0.5) is 5.69 Å². The molecule has 0 aromatic heterocycles. The molecule has 42 heavy (non-hydrogen) atoms. The number of sulfonamides is 1. The maximum Gasteiger partial charge on any atom is 0.251 e. The quantitative estimate of drug-likeness (QED) is 0.0980. The highest BCUT2D eigenvalue weighted by atomic mass is 32.2. The number of carbonyl (C=O) groups is 1. The minimum atomic E-state index is -3.73. The van der Waals surface area contributed by atoms with Gasteiger partial charge in [0, 0.05) is 17.7 Å². The Bertz CT molecular complexity index is 1130. The number of carbonyl (C=O) groups excluding carboxylic acids is 1. The minimum absolute atomic E-state index is 0.195. The third-order valence-corrected chi connectivity index (χ3v) is 8.76. The summed E-state index contributed by atoms with van der Waals surface area (Å²) in [5.74, 6) is -0.506. The third kappa shape index (κ3) is 14.6. The van der Waals surface area contributed by atoms with E-state index >= 15 is 0 Å². The molecule has 9 heteroatoms. The lowest BCUT2D eigenvalue weighted by atomic mass is 9.99. The van der Waals surface area contributed by atoms with Crippen LogP contribution in [0, 0.1) is 0 Å². The normalized spacial score (nSPS) is 13.0. The average molecular weight is 605 g/mol. The summed E-state index contributed by atoms with van der Waals surface area (Å²) in [5.41, 5.74) is 1.55. The van der Waals surface area contributed by atoms with Crippen molar-refractivity contribution in [2.75, 3.05) is 11.3 Å². The van der Waals surface area contributed by atoms with Gasteiger partial charge in [0.15, 0.2) is 0 Å². The first-order chi connectivity index (χ1) is 20.3. The van der Waals surface area contributed by atoms with Gasteiger partial charge in [-0.15, -0.1) is 0 Å². The lowest BCUT2D eigenvalue weighted by Crippen LogP contribution is -2.25. The number of amides is 1. The molecule has 2 aromatic carbocycles. The number of anilines is 1. The van der Waals surface area contributed by atoms with Gasteiger partial charge in [0.1, 0.15) is 0 Å². The summed E-state index contributed by atoms with van der Waals surface area (Å²) in [7, 11) is -3.73. The Labute approximate surface area is 253 Å². The van der Waals surface area contributed by atoms with E-state index in [0.717, 1.165) is 51.4 Å². The summed E-state index contributed by atoms with van der Waals surface area (Å²) in [5, 5.41) is 32.9. The third-order valence-electron chi connectivity index (χ3n) is 7.52. The number of hydrogen-bond donors (Lipinski definition) is 5. The lowest BCUT2D eigenvalue weighted by Gasteiger charge is -2.17. The molecular formula is C33H52N2O6S. The van der Waals surface area contributed by atoms with Crippen LogP contribution < -0.4 is 10.0 Å². The van der Waals surface area contributed by atoms with Crippen LogP contribution in [0.25, 0.3) is 0 Å². The average Bonchev–Trinajstić information content (AvgIpc) is 2.97. The molecule has 0 spiro atoms. The van der Waals surface area contributed by atoms with E-state index in [1.54, 1.807) is 36.4 Å². The van der Waals surface area contributed by atoms with Crippen molar-refractivity contribution in [2.24, 2.45) is 0 Å². The highest BCUT2D eigenvalue weighted by molar-refractivity contribution is 7.91. The predicted molar refractivity (Wildman–Crippen MR) is 170 cm³/mol. The molecule has 0 aliphatic carbocycles. The van der Waals surface area contributed by atoms with Crippen molar-refractivity contribution in [1.82, 2.24) is 5.32 Å². The molecule has 236 valence electrons. The van der Waals surface area contributed by atoms with Crippen molar-refractivity contribution >= 4 is 21.6 Å². The Balaban J connectivity index is 1.62. The van der Waals surface area contributed by atoms with Crippen molar-refractivity contribution in [1.29, 1.82) is 0 Å². The zero-order valence-corrected chi connectivity index (χ0v) is 26.1. The molecule has 0 heterocycles. The highest BCUT2D eigenvalue weighted by Crippen LogP contribution is 2.21. The summed E-state index contributed by atoms with van der Waals surface area (Å²) in [4.78, 5) is 12.7. The Morgan fingerprint density at radius 1 is 0.786 bits per heavy atom. The van der Waals surface area contributed by atoms with Crippen molar-refractivity contribution in [2.45, 2.75) is 121 Å². The van der Waals surface area contributed by atoms with Gasteiger partial charge >= 0.3 is 0 Å². The molecule has 2 atom stereocenters. The van der Waals surface area contributed by atoms with E-state index in [-0.39, 0.29) is 24.0 Å². The van der Waals surface area contributed by atoms with Crippen LogP contribution >= 0.6 is 0 Å². The van der Waals surface area contributed by atoms with E-state index in [1.165, 1.54) is 31.7 Å². The molecular weight excluding hydrogens is 552 g/mol. The number of rotatable bonds is 23. The van der Waals surface area contributed by atoms with E-state index in [9.17, 15) is 28.5 Å². The van der Waals surface area contributed by atoms with Crippen LogP contribution in [0.15, 0.2) is 48.5 Å². The fourth-order valence-electron chi connectivity index (χ4n) is 4.96. The highest BCUT2D eigenvalue weighted by Gasteiger charge is 2.17. The summed E-state index contributed by atoms with van der Waals surface area (Å²) >= 11 is 0. The molecule has 2 unspecified atom stereocenters. The molecule has 0 aliphatic heterocycles. The first kappa shape index (κ1) is 35.7. The van der Waals surface area contributed by atoms with Crippen LogP contribution in [-0.2, 0) is 22.4 Å². The summed E-state index contributed by atoms with van der Waals surface area (Å²) in [6, 6.07) is 13.4. The summed E-state index contributed by atoms with van der Waals surface area (Å²) < 4.78 is 27.9. The zero-order chi connectivity index (χ0) is 30.6. The van der Waals surface area contributed by atoms with Gasteiger partial charge in [0.05, 0.1) is 30.3 Å². The van der Waals surface area contributed by atoms with E-state index in [2.05, 4.69) is 17.0 Å². The second-order valence-electron chi connectivity index (χ2n) is 11.2. The van der Waals surface area contributed by atoms with Crippen LogP contribution in [0.2, 0.25) is 0 Å². The lowest BCUT2D eigenvalue weighted by molar-refractivity contribution is 0.00712. The molecule has 0 aliphatic rings. The SMILES string of the molecule is CCCCCCCCC(O)C(O)CCCCCCCCNC(=O)c1ccc(CO)c(NS(=O)(=O)Cc2ccccc2)c1. The fourth-order valence-corrected chi connectivity index (χ4v) is 6.18. The maximum atomic E-state index is 12.7. The maximum absolute atomic E-state index is 12.7. The molecule has 0 saturated carbocycles. The molecule has 0 radical (unpaired) electrons. The van der Waals surface area contributed by atoms with Gasteiger partial charge in [-0.25, -0.2) is 8.42 Å². The molecule has 5 N–H and O–H groups in total. The Morgan fingerprint density at radius 3 is 1.95 bits per heavy atom. The van der Waals surface area contributed by atoms with Crippen LogP contribution in [0.3, 0.4) is 0 Å². The van der Waals surface area contributed by atoms with Crippen molar-refractivity contribution < 1.29 is 28.5 Å². The first-order valence-electron chi connectivity index (χ1n) is 15.7. The van der Waals surface area contributed by atoms with Gasteiger partial charge in [-0.2, -0.15) is 0 Å². The van der Waals surface area contributed by atoms with E-state index in [1.807, 2.05) is 6.07 Å². The minimum Gasteiger partial charge on any atom is -0.392 e. The number of hydrogen-bond acceptors (Lipinski definition) is 6. The molecule has 0 fully saturated rings. The van der Waals surface area contributed by atoms with Crippen molar-refractivity contribution in [3.8, 4) is 0 Å². The first-order valence-corrected chi connectivity index (χ1v) is 17.3. The molecule has 1 amide bonds. The summed E-state index contributed by atoms with van der Waals surface area (Å²) in [6.07, 6.45) is 12.9. The van der Waals surface area contributed by atoms with Gasteiger partial charge in [-0.05, 0) is 37.0 Å². The fraction of sp³-hybridized carbons (Fsp3) is 0.606. The largest absolute Gasteiger partial charge is 0.392 e. The van der Waals surface area contributed by atoms with Crippen LogP contribution in [-0.4, -0.2) is 48.4 Å². The number of aliphatic hydroxyl groups is 3. The van der Waals surface area contributed by atoms with Crippen LogP contribution in [0.5, 0.6) is 0 Å². The Hall–Kier alpha value is -2.46. The van der Waals surface area contributed by atoms with Gasteiger partial charge in [0.2, 0.25) is 10.0 Å². The van der Waals surface area contributed by atoms with Gasteiger partial charge in [-0.1, -0.05) is 114 Å². The Kier molecular flexibility index (Phi) is 17.4. The number of aliphatic hydroxyl groups excluding tert-OH is 3. The molecule has 8 nitrogen and oxygen atoms in total. The van der Waals surface area contributed by atoms with Gasteiger partial charge in [-0.3, -0.25) is 9.52 Å². The second-order valence-corrected chi connectivity index (χ2v) is 13.0. The molecule has 0 saturated heterocycles.